The van der Waals surface area contributed by atoms with Crippen molar-refractivity contribution >= 4 is 23.6 Å². The molecule has 0 aromatic heterocycles. The lowest BCUT2D eigenvalue weighted by Crippen LogP contribution is -2.08. The molecule has 0 fully saturated rings. The van der Waals surface area contributed by atoms with Crippen LogP contribution in [0, 0.1) is 17.0 Å². The molecule has 0 spiro atoms. The molecule has 2 aromatic carbocycles. The summed E-state index contributed by atoms with van der Waals surface area (Å²) in [6, 6.07) is 11.7. The first-order valence-corrected chi connectivity index (χ1v) is 7.41. The van der Waals surface area contributed by atoms with E-state index in [0.29, 0.717) is 22.4 Å². The molecule has 2 aromatic rings. The van der Waals surface area contributed by atoms with Gasteiger partial charge in [-0.1, -0.05) is 24.3 Å². The van der Waals surface area contributed by atoms with Crippen molar-refractivity contribution in [2.45, 2.75) is 6.92 Å². The number of carbonyl (C=O) groups excluding carboxylic acids is 1. The van der Waals surface area contributed by atoms with Gasteiger partial charge in [0, 0.05) is 22.8 Å². The number of esters is 1. The van der Waals surface area contributed by atoms with Gasteiger partial charge in [0.1, 0.15) is 5.75 Å². The second-order valence-electron chi connectivity index (χ2n) is 5.28. The fraction of sp³-hybridized carbons (Fsp3) is 0.111. The van der Waals surface area contributed by atoms with Gasteiger partial charge in [-0.25, -0.2) is 9.79 Å². The molecule has 0 aliphatic carbocycles. The van der Waals surface area contributed by atoms with Crippen LogP contribution >= 0.6 is 0 Å². The van der Waals surface area contributed by atoms with Gasteiger partial charge in [-0.15, -0.1) is 0 Å². The smallest absolute Gasteiger partial charge is 0.363 e. The molecule has 1 aliphatic rings. The highest BCUT2D eigenvalue weighted by molar-refractivity contribution is 6.13. The number of carbonyl (C=O) groups is 1. The summed E-state index contributed by atoms with van der Waals surface area (Å²) in [6.07, 6.45) is 1.56. The SMILES string of the molecule is COc1ccccc1C=C1N=C(c2cccc([N+](=O)[O-])c2C)OC1=O. The number of ether oxygens (including phenoxy) is 2. The third-order valence-corrected chi connectivity index (χ3v) is 3.78. The molecule has 1 aliphatic heterocycles. The van der Waals surface area contributed by atoms with E-state index in [-0.39, 0.29) is 17.3 Å². The molecule has 0 saturated heterocycles. The van der Waals surface area contributed by atoms with E-state index in [1.54, 1.807) is 31.2 Å². The molecule has 0 N–H and O–H groups in total. The van der Waals surface area contributed by atoms with Crippen molar-refractivity contribution in [3.63, 3.8) is 0 Å². The van der Waals surface area contributed by atoms with E-state index in [1.807, 2.05) is 12.1 Å². The molecule has 3 rings (SSSR count). The highest BCUT2D eigenvalue weighted by atomic mass is 16.6. The van der Waals surface area contributed by atoms with Gasteiger partial charge in [0.2, 0.25) is 5.90 Å². The van der Waals surface area contributed by atoms with Gasteiger partial charge in [-0.05, 0) is 25.1 Å². The van der Waals surface area contributed by atoms with Crippen molar-refractivity contribution in [2.75, 3.05) is 7.11 Å². The predicted molar refractivity (Wildman–Crippen MR) is 91.4 cm³/mol. The van der Waals surface area contributed by atoms with Crippen LogP contribution in [0.1, 0.15) is 16.7 Å². The minimum atomic E-state index is -0.619. The first-order chi connectivity index (χ1) is 12.0. The first kappa shape index (κ1) is 16.4. The molecule has 1 heterocycles. The van der Waals surface area contributed by atoms with Crippen molar-refractivity contribution in [1.82, 2.24) is 0 Å². The number of rotatable bonds is 4. The van der Waals surface area contributed by atoms with E-state index >= 15 is 0 Å². The maximum atomic E-state index is 12.1. The quantitative estimate of drug-likeness (QED) is 0.369. The summed E-state index contributed by atoms with van der Waals surface area (Å²) in [5, 5.41) is 11.1. The van der Waals surface area contributed by atoms with Gasteiger partial charge in [0.05, 0.1) is 12.0 Å². The van der Waals surface area contributed by atoms with E-state index in [4.69, 9.17) is 9.47 Å². The Balaban J connectivity index is 2.03. The number of hydrogen-bond donors (Lipinski definition) is 0. The standard InChI is InChI=1S/C18H14N2O5/c1-11-13(7-5-8-15(11)20(22)23)17-19-14(18(21)25-17)10-12-6-3-4-9-16(12)24-2/h3-10H,1-2H3. The summed E-state index contributed by atoms with van der Waals surface area (Å²) >= 11 is 0. The van der Waals surface area contributed by atoms with Gasteiger partial charge < -0.3 is 9.47 Å². The number of nitro benzene ring substituents is 1. The lowest BCUT2D eigenvalue weighted by atomic mass is 10.1. The average Bonchev–Trinajstić information content (AvgIpc) is 2.95. The van der Waals surface area contributed by atoms with Crippen LogP contribution in [-0.4, -0.2) is 23.9 Å². The second kappa shape index (κ2) is 6.56. The van der Waals surface area contributed by atoms with Crippen molar-refractivity contribution in [3.05, 3.63) is 75.0 Å². The summed E-state index contributed by atoms with van der Waals surface area (Å²) < 4.78 is 10.4. The number of nitro groups is 1. The van der Waals surface area contributed by atoms with Gasteiger partial charge in [0.15, 0.2) is 5.70 Å². The molecule has 0 atom stereocenters. The summed E-state index contributed by atoms with van der Waals surface area (Å²) in [7, 11) is 1.53. The summed E-state index contributed by atoms with van der Waals surface area (Å²) in [5.41, 5.74) is 1.52. The zero-order valence-electron chi connectivity index (χ0n) is 13.6. The fourth-order valence-electron chi connectivity index (χ4n) is 2.51. The molecule has 0 radical (unpaired) electrons. The van der Waals surface area contributed by atoms with Crippen LogP contribution in [0.25, 0.3) is 6.08 Å². The van der Waals surface area contributed by atoms with Crippen LogP contribution in [0.4, 0.5) is 5.69 Å². The number of hydrogen-bond acceptors (Lipinski definition) is 6. The Morgan fingerprint density at radius 1 is 1.20 bits per heavy atom. The van der Waals surface area contributed by atoms with Gasteiger partial charge in [-0.3, -0.25) is 10.1 Å². The third-order valence-electron chi connectivity index (χ3n) is 3.78. The number of nitrogens with zero attached hydrogens (tertiary/aromatic N) is 2. The Morgan fingerprint density at radius 2 is 1.96 bits per heavy atom. The Labute approximate surface area is 143 Å². The van der Waals surface area contributed by atoms with Crippen LogP contribution < -0.4 is 4.74 Å². The van der Waals surface area contributed by atoms with E-state index in [9.17, 15) is 14.9 Å². The molecule has 25 heavy (non-hydrogen) atoms. The van der Waals surface area contributed by atoms with Crippen LogP contribution in [-0.2, 0) is 9.53 Å². The topological polar surface area (TPSA) is 91.0 Å². The van der Waals surface area contributed by atoms with E-state index < -0.39 is 10.9 Å². The largest absolute Gasteiger partial charge is 0.496 e. The molecule has 0 amide bonds. The zero-order chi connectivity index (χ0) is 18.0. The number of cyclic esters (lactones) is 1. The van der Waals surface area contributed by atoms with E-state index in [0.717, 1.165) is 0 Å². The molecule has 0 unspecified atom stereocenters. The van der Waals surface area contributed by atoms with Crippen LogP contribution in [0.5, 0.6) is 5.75 Å². The van der Waals surface area contributed by atoms with Crippen molar-refractivity contribution < 1.29 is 19.2 Å². The minimum Gasteiger partial charge on any atom is -0.496 e. The lowest BCUT2D eigenvalue weighted by Gasteiger charge is -2.04. The van der Waals surface area contributed by atoms with Crippen molar-refractivity contribution in [3.8, 4) is 5.75 Å². The third kappa shape index (κ3) is 3.12. The highest BCUT2D eigenvalue weighted by Gasteiger charge is 2.27. The first-order valence-electron chi connectivity index (χ1n) is 7.41. The molecule has 0 saturated carbocycles. The van der Waals surface area contributed by atoms with Crippen LogP contribution in [0.3, 0.4) is 0 Å². The molecular formula is C18H14N2O5. The normalized spacial score (nSPS) is 15.0. The molecule has 0 bridgehead atoms. The predicted octanol–water partition coefficient (Wildman–Crippen LogP) is 3.26. The fourth-order valence-corrected chi connectivity index (χ4v) is 2.51. The monoisotopic (exact) mass is 338 g/mol. The molecule has 7 nitrogen and oxygen atoms in total. The molecule has 7 heteroatoms. The number of para-hydroxylation sites is 1. The van der Waals surface area contributed by atoms with E-state index in [2.05, 4.69) is 4.99 Å². The van der Waals surface area contributed by atoms with Crippen molar-refractivity contribution in [2.24, 2.45) is 4.99 Å². The Hall–Kier alpha value is -3.48. The Bertz CT molecular complexity index is 931. The van der Waals surface area contributed by atoms with Gasteiger partial charge in [0.25, 0.3) is 5.69 Å². The summed E-state index contributed by atoms with van der Waals surface area (Å²) in [6.45, 7) is 1.59. The Kier molecular flexibility index (Phi) is 4.30. The van der Waals surface area contributed by atoms with Crippen molar-refractivity contribution in [1.29, 1.82) is 0 Å². The number of benzene rings is 2. The summed E-state index contributed by atoms with van der Waals surface area (Å²) in [4.78, 5) is 26.9. The minimum absolute atomic E-state index is 0.0485. The Morgan fingerprint density at radius 3 is 2.68 bits per heavy atom. The zero-order valence-corrected chi connectivity index (χ0v) is 13.6. The average molecular weight is 338 g/mol. The second-order valence-corrected chi connectivity index (χ2v) is 5.28. The van der Waals surface area contributed by atoms with Gasteiger partial charge in [-0.2, -0.15) is 0 Å². The molecule has 126 valence electrons. The van der Waals surface area contributed by atoms with Gasteiger partial charge >= 0.3 is 5.97 Å². The maximum Gasteiger partial charge on any atom is 0.363 e. The van der Waals surface area contributed by atoms with Crippen LogP contribution in [0.2, 0.25) is 0 Å². The lowest BCUT2D eigenvalue weighted by molar-refractivity contribution is -0.385. The summed E-state index contributed by atoms with van der Waals surface area (Å²) in [5.74, 6) is 0.0251. The van der Waals surface area contributed by atoms with Crippen LogP contribution in [0.15, 0.2) is 53.2 Å². The number of aliphatic imine (C=N–C) groups is 1. The highest BCUT2D eigenvalue weighted by Crippen LogP contribution is 2.27. The molecular weight excluding hydrogens is 324 g/mol. The maximum absolute atomic E-state index is 12.1. The number of methoxy groups -OCH3 is 1. The van der Waals surface area contributed by atoms with E-state index in [1.165, 1.54) is 19.2 Å².